The minimum absolute atomic E-state index is 0.367. The third kappa shape index (κ3) is 2.72. The van der Waals surface area contributed by atoms with E-state index in [9.17, 15) is 0 Å². The van der Waals surface area contributed by atoms with Crippen molar-refractivity contribution in [3.63, 3.8) is 0 Å². The van der Waals surface area contributed by atoms with Crippen LogP contribution in [-0.4, -0.2) is 12.4 Å². The van der Waals surface area contributed by atoms with Crippen molar-refractivity contribution in [3.8, 4) is 0 Å². The van der Waals surface area contributed by atoms with E-state index in [0.717, 1.165) is 12.0 Å². The van der Waals surface area contributed by atoms with Gasteiger partial charge < -0.3 is 11.5 Å². The van der Waals surface area contributed by atoms with Crippen LogP contribution in [0.5, 0.6) is 0 Å². The van der Waals surface area contributed by atoms with Crippen LogP contribution < -0.4 is 22.8 Å². The maximum absolute atomic E-state index is 5.61. The highest BCUT2D eigenvalue weighted by Gasteiger charge is 1.97. The number of amidine groups is 1. The van der Waals surface area contributed by atoms with Gasteiger partial charge in [-0.25, -0.2) is 11.4 Å². The van der Waals surface area contributed by atoms with E-state index >= 15 is 0 Å². The van der Waals surface area contributed by atoms with Gasteiger partial charge in [-0.1, -0.05) is 24.3 Å². The zero-order valence-corrected chi connectivity index (χ0v) is 7.90. The molecule has 7 N–H and O–H groups in total. The molecule has 0 unspecified atom stereocenters. The topological polar surface area (TPSA) is 102 Å². The molecule has 0 radical (unpaired) electrons. The summed E-state index contributed by atoms with van der Waals surface area (Å²) in [6.45, 7) is 0.646. The highest BCUT2D eigenvalue weighted by atomic mass is 15.5. The molecule has 0 fully saturated rings. The maximum Gasteiger partial charge on any atom is 0.152 e. The first-order valence-electron chi connectivity index (χ1n) is 4.36. The molecule has 5 nitrogen and oxygen atoms in total. The van der Waals surface area contributed by atoms with Crippen LogP contribution >= 0.6 is 0 Å². The molecule has 0 heterocycles. The predicted molar refractivity (Wildman–Crippen MR) is 57.2 cm³/mol. The van der Waals surface area contributed by atoms with E-state index in [2.05, 4.69) is 10.6 Å². The third-order valence-corrected chi connectivity index (χ3v) is 1.87. The molecule has 0 atom stereocenters. The van der Waals surface area contributed by atoms with Gasteiger partial charge in [0.2, 0.25) is 0 Å². The maximum atomic E-state index is 5.61. The minimum Gasteiger partial charge on any atom is -0.382 e. The molecule has 1 aromatic carbocycles. The summed E-state index contributed by atoms with van der Waals surface area (Å²) in [4.78, 5) is 0. The number of hydrogen-bond donors (Lipinski definition) is 4. The van der Waals surface area contributed by atoms with E-state index in [-0.39, 0.29) is 0 Å². The summed E-state index contributed by atoms with van der Waals surface area (Å²) < 4.78 is 0. The number of benzene rings is 1. The Balaban J connectivity index is 2.77. The summed E-state index contributed by atoms with van der Waals surface area (Å²) in [6.07, 6.45) is 0.868. The number of hydrazone groups is 1. The molecule has 0 aromatic heterocycles. The summed E-state index contributed by atoms with van der Waals surface area (Å²) in [7, 11) is 0. The van der Waals surface area contributed by atoms with Gasteiger partial charge in [0, 0.05) is 5.56 Å². The average molecular weight is 193 g/mol. The molecule has 0 bridgehead atoms. The zero-order valence-electron chi connectivity index (χ0n) is 7.90. The van der Waals surface area contributed by atoms with Crippen molar-refractivity contribution in [2.45, 2.75) is 6.42 Å². The molecular formula is C9H15N5. The largest absolute Gasteiger partial charge is 0.382 e. The number of nitrogens with two attached hydrogens (primary N) is 3. The van der Waals surface area contributed by atoms with Crippen molar-refractivity contribution >= 4 is 5.84 Å². The number of nitrogens with one attached hydrogen (secondary N) is 1. The molecule has 0 aliphatic rings. The van der Waals surface area contributed by atoms with Gasteiger partial charge >= 0.3 is 0 Å². The highest BCUT2D eigenvalue weighted by molar-refractivity contribution is 5.97. The van der Waals surface area contributed by atoms with Crippen molar-refractivity contribution in [1.29, 1.82) is 0 Å². The Hall–Kier alpha value is -1.59. The summed E-state index contributed by atoms with van der Waals surface area (Å²) in [5.74, 6) is 5.38. The number of nitrogens with zero attached hydrogens (tertiary/aromatic N) is 1. The Kier molecular flexibility index (Phi) is 3.90. The fourth-order valence-electron chi connectivity index (χ4n) is 1.14. The van der Waals surface area contributed by atoms with Crippen LogP contribution in [0, 0.1) is 0 Å². The van der Waals surface area contributed by atoms with E-state index in [0.29, 0.717) is 12.4 Å². The predicted octanol–water partition coefficient (Wildman–Crippen LogP) is -0.729. The fraction of sp³-hybridized carbons (Fsp3) is 0.222. The Morgan fingerprint density at radius 2 is 1.93 bits per heavy atom. The van der Waals surface area contributed by atoms with Crippen LogP contribution in [0.3, 0.4) is 0 Å². The molecular weight excluding hydrogens is 178 g/mol. The standard InChI is InChI=1S/C9H15N5/c10-6-5-7-1-3-8(4-2-7)9(11)13-14-12/h1-4,14H,5-6,10,12H2,(H2,11,13). The van der Waals surface area contributed by atoms with E-state index < -0.39 is 0 Å². The van der Waals surface area contributed by atoms with E-state index in [1.54, 1.807) is 0 Å². The molecule has 5 heteroatoms. The van der Waals surface area contributed by atoms with Crippen molar-refractivity contribution in [2.24, 2.45) is 22.4 Å². The van der Waals surface area contributed by atoms with Gasteiger partial charge in [-0.2, -0.15) is 0 Å². The molecule has 0 amide bonds. The van der Waals surface area contributed by atoms with Crippen molar-refractivity contribution < 1.29 is 0 Å². The lowest BCUT2D eigenvalue weighted by molar-refractivity contribution is 0.804. The van der Waals surface area contributed by atoms with Gasteiger partial charge in [-0.15, -0.1) is 5.10 Å². The Bertz CT molecular complexity index is 303. The minimum atomic E-state index is 0.367. The molecule has 0 saturated carbocycles. The molecule has 0 aliphatic heterocycles. The Morgan fingerprint density at radius 1 is 1.29 bits per heavy atom. The van der Waals surface area contributed by atoms with Gasteiger partial charge in [-0.3, -0.25) is 0 Å². The molecule has 14 heavy (non-hydrogen) atoms. The average Bonchev–Trinajstić information content (AvgIpc) is 2.20. The first-order chi connectivity index (χ1) is 6.77. The molecule has 0 spiro atoms. The van der Waals surface area contributed by atoms with Crippen molar-refractivity contribution in [2.75, 3.05) is 6.54 Å². The molecule has 1 aromatic rings. The zero-order chi connectivity index (χ0) is 10.4. The summed E-state index contributed by atoms with van der Waals surface area (Å²) in [5, 5.41) is 3.67. The second-order valence-corrected chi connectivity index (χ2v) is 2.86. The monoisotopic (exact) mass is 193 g/mol. The highest BCUT2D eigenvalue weighted by Crippen LogP contribution is 2.04. The lowest BCUT2D eigenvalue weighted by Gasteiger charge is -2.02. The molecule has 0 aliphatic carbocycles. The van der Waals surface area contributed by atoms with Crippen LogP contribution in [-0.2, 0) is 6.42 Å². The van der Waals surface area contributed by atoms with Crippen LogP contribution in [0.4, 0.5) is 0 Å². The van der Waals surface area contributed by atoms with Crippen molar-refractivity contribution in [3.05, 3.63) is 35.4 Å². The van der Waals surface area contributed by atoms with Crippen molar-refractivity contribution in [1.82, 2.24) is 5.53 Å². The summed E-state index contributed by atoms with van der Waals surface area (Å²) >= 11 is 0. The van der Waals surface area contributed by atoms with E-state index in [1.807, 2.05) is 24.3 Å². The van der Waals surface area contributed by atoms with Crippen LogP contribution in [0.1, 0.15) is 11.1 Å². The van der Waals surface area contributed by atoms with E-state index in [4.69, 9.17) is 17.3 Å². The SMILES string of the molecule is NCCc1ccc(/C(N)=N/NN)cc1. The first kappa shape index (κ1) is 10.5. The van der Waals surface area contributed by atoms with Gasteiger partial charge in [0.05, 0.1) is 0 Å². The number of rotatable bonds is 4. The molecule has 76 valence electrons. The number of hydrazine groups is 1. The van der Waals surface area contributed by atoms with Gasteiger partial charge in [0.15, 0.2) is 5.84 Å². The first-order valence-corrected chi connectivity index (χ1v) is 4.36. The van der Waals surface area contributed by atoms with Gasteiger partial charge in [-0.05, 0) is 18.5 Å². The fourth-order valence-corrected chi connectivity index (χ4v) is 1.14. The summed E-state index contributed by atoms with van der Waals surface area (Å²) in [5.41, 5.74) is 15.2. The van der Waals surface area contributed by atoms with Crippen LogP contribution in [0.15, 0.2) is 29.4 Å². The second kappa shape index (κ2) is 5.21. The normalized spacial score (nSPS) is 11.4. The van der Waals surface area contributed by atoms with Crippen LogP contribution in [0.2, 0.25) is 0 Å². The van der Waals surface area contributed by atoms with Crippen LogP contribution in [0.25, 0.3) is 0 Å². The van der Waals surface area contributed by atoms with E-state index in [1.165, 1.54) is 5.56 Å². The Morgan fingerprint density at radius 3 is 2.43 bits per heavy atom. The quantitative estimate of drug-likeness (QED) is 0.219. The lowest BCUT2D eigenvalue weighted by Crippen LogP contribution is -2.22. The third-order valence-electron chi connectivity index (χ3n) is 1.87. The van der Waals surface area contributed by atoms with Gasteiger partial charge in [0.1, 0.15) is 0 Å². The lowest BCUT2D eigenvalue weighted by atomic mass is 10.1. The number of hydrogen-bond acceptors (Lipinski definition) is 4. The Labute approximate surface area is 82.9 Å². The molecule has 0 saturated heterocycles. The molecule has 1 rings (SSSR count). The van der Waals surface area contributed by atoms with Gasteiger partial charge in [0.25, 0.3) is 0 Å². The summed E-state index contributed by atoms with van der Waals surface area (Å²) in [6, 6.07) is 7.73. The smallest absolute Gasteiger partial charge is 0.152 e. The second-order valence-electron chi connectivity index (χ2n) is 2.86.